The Morgan fingerprint density at radius 1 is 0.829 bits per heavy atom. The Bertz CT molecular complexity index is 1720. The molecule has 4 aromatic carbocycles. The summed E-state index contributed by atoms with van der Waals surface area (Å²) >= 11 is 0. The van der Waals surface area contributed by atoms with Crippen molar-refractivity contribution in [3.05, 3.63) is 137 Å². The number of fused-ring (bicyclic) bond motifs is 5. The maximum atomic E-state index is 14.8. The summed E-state index contributed by atoms with van der Waals surface area (Å²) in [6, 6.07) is 28.5. The van der Waals surface area contributed by atoms with Gasteiger partial charge < -0.3 is 9.64 Å². The predicted molar refractivity (Wildman–Crippen MR) is 159 cm³/mol. The number of hydrogen-bond acceptors (Lipinski definition) is 5. The standard InChI is InChI=1S/C36H29NO4/c1-3-41-29-15-9-7-13-27(29)31-32(33(38)24-18-16-22(2)17-19-24)37-28-14-8-4-10-23(28)20-21-30(37)36(31)34(39)25-11-5-6-12-26(25)35(36)40/h4-21,30-32H,3H2,1-2H3/t30?,31-,32+/m0/s1. The highest BCUT2D eigenvalue weighted by molar-refractivity contribution is 6.32. The first-order valence-electron chi connectivity index (χ1n) is 14.0. The fourth-order valence-electron chi connectivity index (χ4n) is 7.17. The lowest BCUT2D eigenvalue weighted by Crippen LogP contribution is -2.48. The third kappa shape index (κ3) is 3.45. The summed E-state index contributed by atoms with van der Waals surface area (Å²) in [5.41, 5.74) is 3.31. The molecule has 0 aromatic heterocycles. The first-order chi connectivity index (χ1) is 20.0. The lowest BCUT2D eigenvalue weighted by Gasteiger charge is -2.37. The molecule has 202 valence electrons. The summed E-state index contributed by atoms with van der Waals surface area (Å²) < 4.78 is 6.10. The van der Waals surface area contributed by atoms with Gasteiger partial charge in [-0.2, -0.15) is 0 Å². The van der Waals surface area contributed by atoms with Crippen LogP contribution < -0.4 is 9.64 Å². The monoisotopic (exact) mass is 539 g/mol. The number of aryl methyl sites for hydroxylation is 1. The van der Waals surface area contributed by atoms with Crippen molar-refractivity contribution in [3.8, 4) is 5.75 Å². The predicted octanol–water partition coefficient (Wildman–Crippen LogP) is 6.71. The smallest absolute Gasteiger partial charge is 0.185 e. The van der Waals surface area contributed by atoms with Crippen LogP contribution in [0.1, 0.15) is 60.6 Å². The van der Waals surface area contributed by atoms with E-state index >= 15 is 0 Å². The molecule has 1 unspecified atom stereocenters. The Hall–Kier alpha value is -4.77. The van der Waals surface area contributed by atoms with Crippen LogP contribution in [0.15, 0.2) is 103 Å². The van der Waals surface area contributed by atoms with E-state index in [0.29, 0.717) is 34.6 Å². The van der Waals surface area contributed by atoms with E-state index in [-0.39, 0.29) is 17.3 Å². The van der Waals surface area contributed by atoms with Gasteiger partial charge in [-0.25, -0.2) is 0 Å². The van der Waals surface area contributed by atoms with Crippen molar-refractivity contribution in [1.29, 1.82) is 0 Å². The van der Waals surface area contributed by atoms with E-state index in [0.717, 1.165) is 16.8 Å². The molecular weight excluding hydrogens is 510 g/mol. The lowest BCUT2D eigenvalue weighted by molar-refractivity contribution is 0.0664. The van der Waals surface area contributed by atoms with Crippen molar-refractivity contribution >= 4 is 29.1 Å². The summed E-state index contributed by atoms with van der Waals surface area (Å²) in [7, 11) is 0. The fourth-order valence-corrected chi connectivity index (χ4v) is 7.17. The highest BCUT2D eigenvalue weighted by atomic mass is 16.5. The second-order valence-corrected chi connectivity index (χ2v) is 11.0. The highest BCUT2D eigenvalue weighted by Crippen LogP contribution is 2.61. The second-order valence-electron chi connectivity index (χ2n) is 11.0. The number of anilines is 1. The van der Waals surface area contributed by atoms with Crippen LogP contribution in [-0.4, -0.2) is 36.0 Å². The third-order valence-electron chi connectivity index (χ3n) is 8.87. The number of ketones is 3. The van der Waals surface area contributed by atoms with Crippen molar-refractivity contribution in [2.45, 2.75) is 31.8 Å². The topological polar surface area (TPSA) is 63.7 Å². The van der Waals surface area contributed by atoms with E-state index in [9.17, 15) is 14.4 Å². The number of Topliss-reactive ketones (excluding diaryl/α,β-unsaturated/α-hetero) is 3. The van der Waals surface area contributed by atoms with Gasteiger partial charge in [-0.05, 0) is 31.5 Å². The van der Waals surface area contributed by atoms with Crippen molar-refractivity contribution in [2.75, 3.05) is 11.5 Å². The van der Waals surface area contributed by atoms with Gasteiger partial charge in [-0.15, -0.1) is 0 Å². The summed E-state index contributed by atoms with van der Waals surface area (Å²) in [6.45, 7) is 4.29. The van der Waals surface area contributed by atoms with E-state index < -0.39 is 23.4 Å². The number of carbonyl (C=O) groups is 3. The zero-order valence-corrected chi connectivity index (χ0v) is 22.9. The summed E-state index contributed by atoms with van der Waals surface area (Å²) in [6.07, 6.45) is 3.93. The molecule has 5 heteroatoms. The first-order valence-corrected chi connectivity index (χ1v) is 14.0. The normalized spacial score (nSPS) is 21.5. The van der Waals surface area contributed by atoms with Gasteiger partial charge in [-0.3, -0.25) is 14.4 Å². The summed E-state index contributed by atoms with van der Waals surface area (Å²) in [4.78, 5) is 46.3. The SMILES string of the molecule is CCOc1ccccc1[C@H]1[C@H](C(=O)c2ccc(C)cc2)N2c3ccccc3C=CC2C12C(=O)c1ccccc1C2=O. The summed E-state index contributed by atoms with van der Waals surface area (Å²) in [5.74, 6) is -0.841. The van der Waals surface area contributed by atoms with Crippen LogP contribution in [-0.2, 0) is 0 Å². The van der Waals surface area contributed by atoms with Crippen LogP contribution in [0, 0.1) is 12.3 Å². The van der Waals surface area contributed by atoms with Crippen molar-refractivity contribution in [3.63, 3.8) is 0 Å². The molecule has 0 amide bonds. The minimum Gasteiger partial charge on any atom is -0.494 e. The number of rotatable bonds is 5. The molecule has 3 atom stereocenters. The van der Waals surface area contributed by atoms with Gasteiger partial charge in [0.2, 0.25) is 0 Å². The Kier molecular flexibility index (Phi) is 5.79. The van der Waals surface area contributed by atoms with Crippen LogP contribution in [0.5, 0.6) is 5.75 Å². The minimum atomic E-state index is -1.55. The second kappa shape index (κ2) is 9.41. The molecule has 1 spiro atoms. The van der Waals surface area contributed by atoms with E-state index in [1.54, 1.807) is 24.3 Å². The molecule has 1 aliphatic carbocycles. The number of benzene rings is 4. The van der Waals surface area contributed by atoms with Crippen LogP contribution in [0.2, 0.25) is 0 Å². The average molecular weight is 540 g/mol. The minimum absolute atomic E-state index is 0.134. The number of ether oxygens (including phenoxy) is 1. The molecule has 0 bridgehead atoms. The largest absolute Gasteiger partial charge is 0.494 e. The molecule has 2 heterocycles. The molecule has 1 saturated heterocycles. The first kappa shape index (κ1) is 25.2. The number of carbonyl (C=O) groups excluding carboxylic acids is 3. The molecular formula is C36H29NO4. The average Bonchev–Trinajstić information content (AvgIpc) is 3.44. The van der Waals surface area contributed by atoms with Gasteiger partial charge in [0.05, 0.1) is 12.6 Å². The molecule has 0 saturated carbocycles. The molecule has 3 aliphatic rings. The van der Waals surface area contributed by atoms with E-state index in [1.165, 1.54) is 0 Å². The molecule has 0 radical (unpaired) electrons. The molecule has 0 N–H and O–H groups in total. The Labute approximate surface area is 239 Å². The van der Waals surface area contributed by atoms with Crippen LogP contribution in [0.4, 0.5) is 5.69 Å². The van der Waals surface area contributed by atoms with Crippen molar-refractivity contribution in [2.24, 2.45) is 5.41 Å². The molecule has 41 heavy (non-hydrogen) atoms. The van der Waals surface area contributed by atoms with E-state index in [1.807, 2.05) is 104 Å². The Balaban J connectivity index is 1.56. The lowest BCUT2D eigenvalue weighted by atomic mass is 9.64. The van der Waals surface area contributed by atoms with Gasteiger partial charge in [0.1, 0.15) is 17.2 Å². The zero-order valence-electron chi connectivity index (χ0n) is 22.9. The van der Waals surface area contributed by atoms with Crippen LogP contribution in [0.3, 0.4) is 0 Å². The van der Waals surface area contributed by atoms with Gasteiger partial charge in [0.25, 0.3) is 0 Å². The van der Waals surface area contributed by atoms with Crippen LogP contribution in [0.25, 0.3) is 6.08 Å². The van der Waals surface area contributed by atoms with Gasteiger partial charge in [0.15, 0.2) is 17.3 Å². The molecule has 5 nitrogen and oxygen atoms in total. The van der Waals surface area contributed by atoms with Crippen molar-refractivity contribution in [1.82, 2.24) is 0 Å². The quantitative estimate of drug-likeness (QED) is 0.208. The Morgan fingerprint density at radius 2 is 1.46 bits per heavy atom. The molecule has 2 aliphatic heterocycles. The number of nitrogens with zero attached hydrogens (tertiary/aromatic N) is 1. The van der Waals surface area contributed by atoms with Gasteiger partial charge in [-0.1, -0.05) is 103 Å². The maximum Gasteiger partial charge on any atom is 0.185 e. The number of para-hydroxylation sites is 2. The maximum absolute atomic E-state index is 14.8. The third-order valence-corrected chi connectivity index (χ3v) is 8.87. The fraction of sp³-hybridized carbons (Fsp3) is 0.194. The van der Waals surface area contributed by atoms with Gasteiger partial charge >= 0.3 is 0 Å². The number of hydrogen-bond donors (Lipinski definition) is 0. The zero-order chi connectivity index (χ0) is 28.3. The van der Waals surface area contributed by atoms with Gasteiger partial charge in [0, 0.05) is 33.9 Å². The summed E-state index contributed by atoms with van der Waals surface area (Å²) in [5, 5.41) is 0. The van der Waals surface area contributed by atoms with E-state index in [2.05, 4.69) is 0 Å². The molecule has 4 aromatic rings. The van der Waals surface area contributed by atoms with Crippen LogP contribution >= 0.6 is 0 Å². The molecule has 1 fully saturated rings. The highest BCUT2D eigenvalue weighted by Gasteiger charge is 2.71. The van der Waals surface area contributed by atoms with Crippen molar-refractivity contribution < 1.29 is 19.1 Å². The Morgan fingerprint density at radius 3 is 2.17 bits per heavy atom. The van der Waals surface area contributed by atoms with E-state index in [4.69, 9.17) is 4.74 Å². The molecule has 7 rings (SSSR count).